The lowest BCUT2D eigenvalue weighted by Crippen LogP contribution is -2.01. The summed E-state index contributed by atoms with van der Waals surface area (Å²) in [4.78, 5) is 11.3. The average Bonchev–Trinajstić information content (AvgIpc) is 3.39. The Hall–Kier alpha value is -1.77. The van der Waals surface area contributed by atoms with Gasteiger partial charge in [-0.25, -0.2) is 4.79 Å². The number of carbonyl (C=O) groups excluding carboxylic acids is 1. The van der Waals surface area contributed by atoms with Gasteiger partial charge in [0.25, 0.3) is 0 Å². The predicted octanol–water partition coefficient (Wildman–Crippen LogP) is 4.04. The van der Waals surface area contributed by atoms with E-state index in [-0.39, 0.29) is 5.97 Å². The molecule has 1 atom stereocenters. The van der Waals surface area contributed by atoms with E-state index in [9.17, 15) is 9.90 Å². The number of methoxy groups -OCH3 is 1. The van der Waals surface area contributed by atoms with Gasteiger partial charge >= 0.3 is 5.97 Å². The van der Waals surface area contributed by atoms with Crippen molar-refractivity contribution >= 4 is 12.0 Å². The molecule has 0 radical (unpaired) electrons. The number of hydrogen-bond acceptors (Lipinski definition) is 3. The normalized spacial score (nSPS) is 19.4. The monoisotopic (exact) mass is 300 g/mol. The number of benzene rings is 1. The van der Waals surface area contributed by atoms with E-state index in [1.807, 2.05) is 12.1 Å². The summed E-state index contributed by atoms with van der Waals surface area (Å²) in [6.07, 6.45) is 9.19. The lowest BCUT2D eigenvalue weighted by atomic mass is 9.90. The van der Waals surface area contributed by atoms with Crippen LogP contribution in [-0.2, 0) is 16.0 Å². The summed E-state index contributed by atoms with van der Waals surface area (Å²) in [5, 5.41) is 10.6. The van der Waals surface area contributed by atoms with Crippen molar-refractivity contribution < 1.29 is 14.6 Å². The number of ether oxygens (including phenoxy) is 1. The molecule has 0 aromatic heterocycles. The zero-order valence-corrected chi connectivity index (χ0v) is 13.3. The third-order valence-electron chi connectivity index (χ3n) is 4.88. The van der Waals surface area contributed by atoms with Crippen LogP contribution in [0, 0.1) is 11.8 Å². The van der Waals surface area contributed by atoms with Gasteiger partial charge in [-0.3, -0.25) is 0 Å². The van der Waals surface area contributed by atoms with Gasteiger partial charge in [-0.05, 0) is 84.8 Å². The molecule has 1 unspecified atom stereocenters. The molecule has 118 valence electrons. The van der Waals surface area contributed by atoms with E-state index in [1.54, 1.807) is 6.08 Å². The summed E-state index contributed by atoms with van der Waals surface area (Å²) in [7, 11) is 1.38. The highest BCUT2D eigenvalue weighted by atomic mass is 16.5. The van der Waals surface area contributed by atoms with Gasteiger partial charge in [-0.1, -0.05) is 6.92 Å². The molecule has 0 spiro atoms. The third kappa shape index (κ3) is 3.52. The molecule has 3 heteroatoms. The van der Waals surface area contributed by atoms with Gasteiger partial charge in [-0.15, -0.1) is 0 Å². The Morgan fingerprint density at radius 2 is 2.09 bits per heavy atom. The second-order valence-electron chi connectivity index (χ2n) is 6.75. The maximum Gasteiger partial charge on any atom is 0.330 e. The smallest absolute Gasteiger partial charge is 0.330 e. The fourth-order valence-corrected chi connectivity index (χ4v) is 3.06. The zero-order valence-electron chi connectivity index (χ0n) is 13.3. The molecule has 0 aliphatic heterocycles. The SMILES string of the molecule is COC(=O)/C=C/c1cc(CC2CC2)c(O)c(C(C)C2CC2)c1. The fraction of sp³-hybridized carbons (Fsp3) is 0.526. The molecule has 0 saturated heterocycles. The summed E-state index contributed by atoms with van der Waals surface area (Å²) in [6.45, 7) is 2.20. The minimum absolute atomic E-state index is 0.353. The Bertz CT molecular complexity index is 595. The lowest BCUT2D eigenvalue weighted by molar-refractivity contribution is -0.134. The summed E-state index contributed by atoms with van der Waals surface area (Å²) < 4.78 is 4.65. The summed E-state index contributed by atoms with van der Waals surface area (Å²) in [5.41, 5.74) is 3.03. The molecule has 1 N–H and O–H groups in total. The Labute approximate surface area is 132 Å². The van der Waals surface area contributed by atoms with E-state index in [1.165, 1.54) is 38.9 Å². The second kappa shape index (κ2) is 6.15. The van der Waals surface area contributed by atoms with E-state index in [4.69, 9.17) is 0 Å². The van der Waals surface area contributed by atoms with Gasteiger partial charge in [0.1, 0.15) is 5.75 Å². The molecule has 0 bridgehead atoms. The van der Waals surface area contributed by atoms with Gasteiger partial charge in [0, 0.05) is 6.08 Å². The van der Waals surface area contributed by atoms with Crippen molar-refractivity contribution in [3.8, 4) is 5.75 Å². The molecule has 2 aliphatic rings. The maximum atomic E-state index is 11.3. The van der Waals surface area contributed by atoms with Crippen LogP contribution in [0.2, 0.25) is 0 Å². The van der Waals surface area contributed by atoms with Crippen LogP contribution in [0.4, 0.5) is 0 Å². The summed E-state index contributed by atoms with van der Waals surface area (Å²) in [6, 6.07) is 4.03. The van der Waals surface area contributed by atoms with E-state index >= 15 is 0 Å². The largest absolute Gasteiger partial charge is 0.507 e. The van der Waals surface area contributed by atoms with Crippen LogP contribution in [0.5, 0.6) is 5.75 Å². The van der Waals surface area contributed by atoms with Crippen molar-refractivity contribution in [2.75, 3.05) is 7.11 Å². The quantitative estimate of drug-likeness (QED) is 0.637. The molecule has 3 nitrogen and oxygen atoms in total. The van der Waals surface area contributed by atoms with Crippen molar-refractivity contribution in [2.24, 2.45) is 11.8 Å². The average molecular weight is 300 g/mol. The third-order valence-corrected chi connectivity index (χ3v) is 4.88. The lowest BCUT2D eigenvalue weighted by Gasteiger charge is -2.17. The van der Waals surface area contributed by atoms with Crippen LogP contribution >= 0.6 is 0 Å². The molecular weight excluding hydrogens is 276 g/mol. The van der Waals surface area contributed by atoms with E-state index in [0.717, 1.165) is 29.0 Å². The number of phenols is 1. The minimum atomic E-state index is -0.353. The number of rotatable bonds is 6. The Kier molecular flexibility index (Phi) is 4.23. The fourth-order valence-electron chi connectivity index (χ4n) is 3.06. The minimum Gasteiger partial charge on any atom is -0.507 e. The second-order valence-corrected chi connectivity index (χ2v) is 6.75. The Morgan fingerprint density at radius 1 is 1.36 bits per heavy atom. The number of carbonyl (C=O) groups is 1. The van der Waals surface area contributed by atoms with Gasteiger partial charge in [-0.2, -0.15) is 0 Å². The highest BCUT2D eigenvalue weighted by Gasteiger charge is 2.32. The van der Waals surface area contributed by atoms with Crippen molar-refractivity contribution in [2.45, 2.75) is 44.9 Å². The highest BCUT2D eigenvalue weighted by molar-refractivity contribution is 5.87. The van der Waals surface area contributed by atoms with Crippen LogP contribution in [0.1, 0.15) is 55.2 Å². The standard InChI is InChI=1S/C19H24O3/c1-12(15-6-7-15)17-11-14(5-8-18(20)22-2)10-16(19(17)21)9-13-3-4-13/h5,8,10-13,15,21H,3-4,6-7,9H2,1-2H3/b8-5+. The molecule has 2 aliphatic carbocycles. The van der Waals surface area contributed by atoms with Crippen molar-refractivity contribution in [1.82, 2.24) is 0 Å². The van der Waals surface area contributed by atoms with Gasteiger partial charge < -0.3 is 9.84 Å². The highest BCUT2D eigenvalue weighted by Crippen LogP contribution is 2.46. The number of phenolic OH excluding ortho intramolecular Hbond substituents is 1. The molecule has 2 fully saturated rings. The first-order valence-electron chi connectivity index (χ1n) is 8.20. The van der Waals surface area contributed by atoms with Crippen molar-refractivity contribution in [3.05, 3.63) is 34.9 Å². The maximum absolute atomic E-state index is 11.3. The van der Waals surface area contributed by atoms with Crippen LogP contribution in [-0.4, -0.2) is 18.2 Å². The van der Waals surface area contributed by atoms with Gasteiger partial charge in [0.2, 0.25) is 0 Å². The Balaban J connectivity index is 1.92. The molecule has 1 aromatic rings. The molecule has 1 aromatic carbocycles. The van der Waals surface area contributed by atoms with E-state index < -0.39 is 0 Å². The van der Waals surface area contributed by atoms with Crippen molar-refractivity contribution in [3.63, 3.8) is 0 Å². The zero-order chi connectivity index (χ0) is 15.7. The van der Waals surface area contributed by atoms with E-state index in [2.05, 4.69) is 11.7 Å². The molecule has 0 amide bonds. The van der Waals surface area contributed by atoms with Crippen LogP contribution in [0.15, 0.2) is 18.2 Å². The first kappa shape index (κ1) is 15.1. The molecular formula is C19H24O3. The first-order chi connectivity index (χ1) is 10.6. The molecule has 2 saturated carbocycles. The van der Waals surface area contributed by atoms with Crippen LogP contribution < -0.4 is 0 Å². The van der Waals surface area contributed by atoms with Gasteiger partial charge in [0.15, 0.2) is 0 Å². The van der Waals surface area contributed by atoms with Crippen LogP contribution in [0.3, 0.4) is 0 Å². The number of hydrogen-bond donors (Lipinski definition) is 1. The molecule has 3 rings (SSSR count). The predicted molar refractivity (Wildman–Crippen MR) is 86.7 cm³/mol. The number of aromatic hydroxyl groups is 1. The van der Waals surface area contributed by atoms with E-state index in [0.29, 0.717) is 17.6 Å². The van der Waals surface area contributed by atoms with Crippen molar-refractivity contribution in [1.29, 1.82) is 0 Å². The van der Waals surface area contributed by atoms with Gasteiger partial charge in [0.05, 0.1) is 7.11 Å². The first-order valence-corrected chi connectivity index (χ1v) is 8.20. The molecule has 22 heavy (non-hydrogen) atoms. The summed E-state index contributed by atoms with van der Waals surface area (Å²) >= 11 is 0. The number of esters is 1. The molecule has 0 heterocycles. The summed E-state index contributed by atoms with van der Waals surface area (Å²) in [5.74, 6) is 1.91. The van der Waals surface area contributed by atoms with Crippen LogP contribution in [0.25, 0.3) is 6.08 Å². The topological polar surface area (TPSA) is 46.5 Å². The Morgan fingerprint density at radius 3 is 2.68 bits per heavy atom.